The molecule has 0 spiro atoms. The van der Waals surface area contributed by atoms with Crippen LogP contribution in [-0.4, -0.2) is 49.9 Å². The van der Waals surface area contributed by atoms with Crippen molar-refractivity contribution in [2.24, 2.45) is 12.0 Å². The zero-order valence-corrected chi connectivity index (χ0v) is 16.9. The number of aliphatic imine (C=N–C) groups is 1. The van der Waals surface area contributed by atoms with Gasteiger partial charge in [-0.2, -0.15) is 0 Å². The predicted molar refractivity (Wildman–Crippen MR) is 108 cm³/mol. The summed E-state index contributed by atoms with van der Waals surface area (Å²) in [6.07, 6.45) is 0.487. The van der Waals surface area contributed by atoms with Crippen LogP contribution in [0.15, 0.2) is 35.3 Å². The van der Waals surface area contributed by atoms with Crippen molar-refractivity contribution < 1.29 is 5.11 Å². The highest BCUT2D eigenvalue weighted by Crippen LogP contribution is 2.10. The Labute approximate surface area is 165 Å². The summed E-state index contributed by atoms with van der Waals surface area (Å²) in [6.45, 7) is 4.50. The molecule has 0 amide bonds. The Kier molecular flexibility index (Phi) is 7.18. The number of hydrogen-bond acceptors (Lipinski definition) is 4. The van der Waals surface area contributed by atoms with E-state index < -0.39 is 0 Å². The molecule has 1 saturated heterocycles. The van der Waals surface area contributed by atoms with E-state index in [1.807, 2.05) is 36.7 Å². The lowest BCUT2D eigenvalue weighted by Gasteiger charge is -2.21. The summed E-state index contributed by atoms with van der Waals surface area (Å²) in [5, 5.41) is 21.4. The maximum Gasteiger partial charge on any atom is 0.194 e. The van der Waals surface area contributed by atoms with Crippen molar-refractivity contribution in [3.8, 4) is 0 Å². The average molecular weight is 456 g/mol. The van der Waals surface area contributed by atoms with E-state index >= 15 is 0 Å². The van der Waals surface area contributed by atoms with Gasteiger partial charge >= 0.3 is 0 Å². The molecular weight excluding hydrogens is 431 g/mol. The summed E-state index contributed by atoms with van der Waals surface area (Å²) < 4.78 is 1.96. The van der Waals surface area contributed by atoms with Crippen LogP contribution >= 0.6 is 24.0 Å². The van der Waals surface area contributed by atoms with Crippen LogP contribution in [0.1, 0.15) is 23.6 Å². The molecule has 1 aromatic carbocycles. The number of nitrogens with one attached hydrogen (secondary N) is 1. The fourth-order valence-electron chi connectivity index (χ4n) is 2.71. The molecule has 2 N–H and O–H groups in total. The van der Waals surface area contributed by atoms with Gasteiger partial charge in [0.1, 0.15) is 5.82 Å². The van der Waals surface area contributed by atoms with Crippen LogP contribution in [-0.2, 0) is 20.1 Å². The summed E-state index contributed by atoms with van der Waals surface area (Å²) >= 11 is 0. The number of aliphatic hydroxyl groups excluding tert-OH is 1. The first-order valence-corrected chi connectivity index (χ1v) is 8.23. The fraction of sp³-hybridized carbons (Fsp3) is 0.471. The number of guanidine groups is 1. The minimum Gasteiger partial charge on any atom is -0.391 e. The third-order valence-corrected chi connectivity index (χ3v) is 4.30. The number of β-amino-alcohol motifs (C(OH)–C–C–N with tert-alkyl or cyclic N) is 1. The number of rotatable bonds is 4. The van der Waals surface area contributed by atoms with Gasteiger partial charge in [-0.1, -0.05) is 30.3 Å². The molecular formula is C17H25IN6O. The number of aliphatic hydroxyl groups is 1. The summed E-state index contributed by atoms with van der Waals surface area (Å²) in [5.41, 5.74) is 1.16. The molecule has 3 rings (SSSR count). The van der Waals surface area contributed by atoms with E-state index in [9.17, 15) is 5.11 Å². The van der Waals surface area contributed by atoms with Gasteiger partial charge in [-0.25, -0.2) is 4.99 Å². The second-order valence-electron chi connectivity index (χ2n) is 6.09. The van der Waals surface area contributed by atoms with Crippen LogP contribution < -0.4 is 5.32 Å². The van der Waals surface area contributed by atoms with Crippen LogP contribution in [0.2, 0.25) is 0 Å². The Morgan fingerprint density at radius 3 is 2.68 bits per heavy atom. The third kappa shape index (κ3) is 5.15. The molecule has 136 valence electrons. The zero-order chi connectivity index (χ0) is 16.9. The van der Waals surface area contributed by atoms with E-state index in [1.165, 1.54) is 0 Å². The van der Waals surface area contributed by atoms with Crippen molar-refractivity contribution in [1.82, 2.24) is 25.0 Å². The van der Waals surface area contributed by atoms with Crippen LogP contribution in [0.25, 0.3) is 0 Å². The van der Waals surface area contributed by atoms with Crippen molar-refractivity contribution in [1.29, 1.82) is 0 Å². The molecule has 1 aromatic heterocycles. The van der Waals surface area contributed by atoms with E-state index in [-0.39, 0.29) is 30.1 Å². The minimum atomic E-state index is -0.286. The Morgan fingerprint density at radius 2 is 2.08 bits per heavy atom. The molecule has 0 unspecified atom stereocenters. The average Bonchev–Trinajstić information content (AvgIpc) is 3.16. The number of halogens is 1. The highest BCUT2D eigenvalue weighted by atomic mass is 127. The smallest absolute Gasteiger partial charge is 0.194 e. The first kappa shape index (κ1) is 19.6. The number of aromatic nitrogens is 3. The normalized spacial score (nSPS) is 17.5. The first-order valence-electron chi connectivity index (χ1n) is 8.23. The molecule has 8 heteroatoms. The van der Waals surface area contributed by atoms with E-state index in [0.29, 0.717) is 19.6 Å². The van der Waals surface area contributed by atoms with Crippen molar-refractivity contribution >= 4 is 29.9 Å². The van der Waals surface area contributed by atoms with Gasteiger partial charge < -0.3 is 19.9 Å². The quantitative estimate of drug-likeness (QED) is 0.414. The molecule has 0 radical (unpaired) electrons. The maximum absolute atomic E-state index is 9.82. The van der Waals surface area contributed by atoms with E-state index in [0.717, 1.165) is 36.1 Å². The molecule has 1 aliphatic heterocycles. The second kappa shape index (κ2) is 9.14. The summed E-state index contributed by atoms with van der Waals surface area (Å²) in [5.74, 6) is 2.54. The monoisotopic (exact) mass is 456 g/mol. The lowest BCUT2D eigenvalue weighted by Crippen LogP contribution is -2.40. The molecule has 2 aromatic rings. The first-order chi connectivity index (χ1) is 11.6. The van der Waals surface area contributed by atoms with E-state index in [4.69, 9.17) is 4.99 Å². The zero-order valence-electron chi connectivity index (χ0n) is 14.6. The predicted octanol–water partition coefficient (Wildman–Crippen LogP) is 1.45. The van der Waals surface area contributed by atoms with Crippen molar-refractivity contribution in [2.75, 3.05) is 13.1 Å². The summed E-state index contributed by atoms with van der Waals surface area (Å²) in [6, 6.07) is 10.2. The van der Waals surface area contributed by atoms with Crippen LogP contribution in [0.5, 0.6) is 0 Å². The second-order valence-corrected chi connectivity index (χ2v) is 6.09. The van der Waals surface area contributed by atoms with Gasteiger partial charge in [-0.05, 0) is 18.9 Å². The molecule has 0 aliphatic carbocycles. The Hall–Kier alpha value is -1.68. The summed E-state index contributed by atoms with van der Waals surface area (Å²) in [7, 11) is 1.95. The van der Waals surface area contributed by atoms with Crippen molar-refractivity contribution in [3.63, 3.8) is 0 Å². The number of nitrogens with zero attached hydrogens (tertiary/aromatic N) is 5. The molecule has 0 bridgehead atoms. The van der Waals surface area contributed by atoms with E-state index in [1.54, 1.807) is 0 Å². The Balaban J connectivity index is 0.00000225. The van der Waals surface area contributed by atoms with Gasteiger partial charge in [0, 0.05) is 20.1 Å². The van der Waals surface area contributed by atoms with Crippen molar-refractivity contribution in [2.45, 2.75) is 32.5 Å². The fourth-order valence-corrected chi connectivity index (χ4v) is 2.71. The lowest BCUT2D eigenvalue weighted by molar-refractivity contribution is 0.187. The lowest BCUT2D eigenvalue weighted by atomic mass is 10.2. The minimum absolute atomic E-state index is 0. The van der Waals surface area contributed by atoms with Crippen molar-refractivity contribution in [3.05, 3.63) is 47.5 Å². The molecule has 0 saturated carbocycles. The molecule has 25 heavy (non-hydrogen) atoms. The van der Waals surface area contributed by atoms with Crippen LogP contribution in [0, 0.1) is 6.92 Å². The molecule has 1 atom stereocenters. The molecule has 1 fully saturated rings. The molecule has 7 nitrogen and oxygen atoms in total. The van der Waals surface area contributed by atoms with Gasteiger partial charge in [0.2, 0.25) is 0 Å². The van der Waals surface area contributed by atoms with Gasteiger partial charge in [-0.15, -0.1) is 34.2 Å². The highest BCUT2D eigenvalue weighted by Gasteiger charge is 2.23. The number of likely N-dealkylation sites (tertiary alicyclic amines) is 1. The van der Waals surface area contributed by atoms with Gasteiger partial charge in [0.25, 0.3) is 0 Å². The number of aryl methyl sites for hydroxylation is 1. The van der Waals surface area contributed by atoms with E-state index in [2.05, 4.69) is 32.5 Å². The van der Waals surface area contributed by atoms with Crippen LogP contribution in [0.4, 0.5) is 0 Å². The largest absolute Gasteiger partial charge is 0.391 e. The van der Waals surface area contributed by atoms with Gasteiger partial charge in [-0.3, -0.25) is 0 Å². The Bertz CT molecular complexity index is 702. The maximum atomic E-state index is 9.82. The van der Waals surface area contributed by atoms with Gasteiger partial charge in [0.05, 0.1) is 19.2 Å². The SMILES string of the molecule is Cc1nnc(CNC(=NCc2ccccc2)N2CC[C@@H](O)C2)n1C.I. The molecule has 2 heterocycles. The molecule has 1 aliphatic rings. The van der Waals surface area contributed by atoms with Crippen LogP contribution in [0.3, 0.4) is 0 Å². The number of hydrogen-bond donors (Lipinski definition) is 2. The summed E-state index contributed by atoms with van der Waals surface area (Å²) in [4.78, 5) is 6.82. The van der Waals surface area contributed by atoms with Gasteiger partial charge in [0.15, 0.2) is 11.8 Å². The standard InChI is InChI=1S/C17H24N6O.HI/c1-13-20-21-16(22(13)2)11-19-17(23-9-8-15(24)12-23)18-10-14-6-4-3-5-7-14;/h3-7,15,24H,8-12H2,1-2H3,(H,18,19);1H/t15-;/m1./s1. The third-order valence-electron chi connectivity index (χ3n) is 4.30. The highest BCUT2D eigenvalue weighted by molar-refractivity contribution is 14.0. The topological polar surface area (TPSA) is 78.6 Å². The number of benzene rings is 1. The Morgan fingerprint density at radius 1 is 1.32 bits per heavy atom.